The van der Waals surface area contributed by atoms with Crippen LogP contribution < -0.4 is 11.1 Å². The van der Waals surface area contributed by atoms with E-state index in [4.69, 9.17) is 5.73 Å². The molecule has 6 heteroatoms. The Hall–Kier alpha value is -1.85. The smallest absolute Gasteiger partial charge is 0.404 e. The van der Waals surface area contributed by atoms with Gasteiger partial charge in [0.1, 0.15) is 12.4 Å². The van der Waals surface area contributed by atoms with Gasteiger partial charge in [-0.2, -0.15) is 0 Å². The Labute approximate surface area is 75.1 Å². The van der Waals surface area contributed by atoms with Crippen LogP contribution in [-0.4, -0.2) is 29.2 Å². The summed E-state index contributed by atoms with van der Waals surface area (Å²) in [5.74, 6) is 0.635. The third kappa shape index (κ3) is 3.90. The van der Waals surface area contributed by atoms with Crippen LogP contribution in [0, 0.1) is 0 Å². The molecule has 13 heavy (non-hydrogen) atoms. The van der Waals surface area contributed by atoms with Crippen LogP contribution >= 0.6 is 0 Å². The number of primary amides is 1. The average molecular weight is 182 g/mol. The number of anilines is 1. The number of nitrogens with zero attached hydrogens (tertiary/aromatic N) is 2. The highest BCUT2D eigenvalue weighted by atomic mass is 16.5. The second kappa shape index (κ2) is 4.91. The Morgan fingerprint density at radius 2 is 2.46 bits per heavy atom. The number of nitrogens with two attached hydrogens (primary N) is 1. The van der Waals surface area contributed by atoms with Gasteiger partial charge in [-0.1, -0.05) is 0 Å². The predicted molar refractivity (Wildman–Crippen MR) is 46.1 cm³/mol. The maximum absolute atomic E-state index is 10.2. The van der Waals surface area contributed by atoms with Gasteiger partial charge in [-0.25, -0.2) is 9.78 Å². The van der Waals surface area contributed by atoms with E-state index in [1.807, 2.05) is 0 Å². The van der Waals surface area contributed by atoms with E-state index >= 15 is 0 Å². The lowest BCUT2D eigenvalue weighted by Gasteiger charge is -2.03. The van der Waals surface area contributed by atoms with E-state index in [1.54, 1.807) is 18.6 Å². The third-order valence-electron chi connectivity index (χ3n) is 1.22. The monoisotopic (exact) mass is 182 g/mol. The van der Waals surface area contributed by atoms with Crippen LogP contribution in [0.3, 0.4) is 0 Å². The molecular formula is C7H10N4O2. The number of aromatic nitrogens is 2. The predicted octanol–water partition coefficient (Wildman–Crippen LogP) is -0.0162. The summed E-state index contributed by atoms with van der Waals surface area (Å²) in [4.78, 5) is 17.9. The Morgan fingerprint density at radius 1 is 1.62 bits per heavy atom. The summed E-state index contributed by atoms with van der Waals surface area (Å²) in [7, 11) is 0. The molecular weight excluding hydrogens is 172 g/mol. The van der Waals surface area contributed by atoms with E-state index in [1.165, 1.54) is 0 Å². The third-order valence-corrected chi connectivity index (χ3v) is 1.22. The summed E-state index contributed by atoms with van der Waals surface area (Å²) in [5, 5.41) is 2.89. The molecule has 1 rings (SSSR count). The van der Waals surface area contributed by atoms with E-state index in [9.17, 15) is 4.79 Å². The first-order valence-electron chi connectivity index (χ1n) is 3.71. The summed E-state index contributed by atoms with van der Waals surface area (Å²) >= 11 is 0. The van der Waals surface area contributed by atoms with Crippen LogP contribution in [0.5, 0.6) is 0 Å². The minimum atomic E-state index is -0.777. The number of nitrogens with one attached hydrogen (secondary N) is 1. The Kier molecular flexibility index (Phi) is 3.49. The zero-order valence-corrected chi connectivity index (χ0v) is 6.93. The quantitative estimate of drug-likeness (QED) is 0.639. The van der Waals surface area contributed by atoms with Crippen molar-refractivity contribution in [1.82, 2.24) is 9.97 Å². The van der Waals surface area contributed by atoms with Gasteiger partial charge in [0.05, 0.1) is 12.7 Å². The minimum absolute atomic E-state index is 0.214. The minimum Gasteiger partial charge on any atom is -0.448 e. The van der Waals surface area contributed by atoms with Crippen molar-refractivity contribution >= 4 is 11.9 Å². The van der Waals surface area contributed by atoms with Gasteiger partial charge in [0, 0.05) is 12.4 Å². The number of rotatable bonds is 4. The van der Waals surface area contributed by atoms with Crippen LogP contribution in [-0.2, 0) is 4.74 Å². The molecule has 0 aromatic carbocycles. The highest BCUT2D eigenvalue weighted by Gasteiger charge is 1.93. The van der Waals surface area contributed by atoms with Crippen molar-refractivity contribution in [3.05, 3.63) is 18.6 Å². The molecule has 0 bridgehead atoms. The molecule has 0 saturated carbocycles. The van der Waals surface area contributed by atoms with Crippen LogP contribution in [0.25, 0.3) is 0 Å². The van der Waals surface area contributed by atoms with Crippen LogP contribution in [0.1, 0.15) is 0 Å². The van der Waals surface area contributed by atoms with Gasteiger partial charge < -0.3 is 15.8 Å². The van der Waals surface area contributed by atoms with Crippen LogP contribution in [0.2, 0.25) is 0 Å². The van der Waals surface area contributed by atoms with Crippen molar-refractivity contribution in [1.29, 1.82) is 0 Å². The SMILES string of the molecule is NC(=O)OCCNc1cnccn1. The molecule has 0 radical (unpaired) electrons. The molecule has 0 atom stereocenters. The van der Waals surface area contributed by atoms with Crippen LogP contribution in [0.15, 0.2) is 18.6 Å². The number of amides is 1. The number of carbonyl (C=O) groups is 1. The van der Waals surface area contributed by atoms with Crippen molar-refractivity contribution in [3.8, 4) is 0 Å². The summed E-state index contributed by atoms with van der Waals surface area (Å²) in [6.45, 7) is 0.674. The Bertz CT molecular complexity index is 264. The molecule has 0 aliphatic heterocycles. The fourth-order valence-corrected chi connectivity index (χ4v) is 0.721. The summed E-state index contributed by atoms with van der Waals surface area (Å²) in [6, 6.07) is 0. The second-order valence-electron chi connectivity index (χ2n) is 2.18. The topological polar surface area (TPSA) is 90.1 Å². The maximum Gasteiger partial charge on any atom is 0.404 e. The molecule has 0 spiro atoms. The van der Waals surface area contributed by atoms with Gasteiger partial charge in [-0.05, 0) is 0 Å². The molecule has 6 nitrogen and oxygen atoms in total. The first-order chi connectivity index (χ1) is 6.29. The Morgan fingerprint density at radius 3 is 3.08 bits per heavy atom. The Balaban J connectivity index is 2.17. The molecule has 1 aromatic rings. The normalized spacial score (nSPS) is 9.23. The fraction of sp³-hybridized carbons (Fsp3) is 0.286. The van der Waals surface area contributed by atoms with Crippen LogP contribution in [0.4, 0.5) is 10.6 Å². The molecule has 0 unspecified atom stereocenters. The van der Waals surface area contributed by atoms with Crippen molar-refractivity contribution in [2.45, 2.75) is 0 Å². The van der Waals surface area contributed by atoms with Crippen molar-refractivity contribution in [3.63, 3.8) is 0 Å². The highest BCUT2D eigenvalue weighted by Crippen LogP contribution is 1.94. The summed E-state index contributed by atoms with van der Waals surface area (Å²) in [6.07, 6.45) is 3.94. The maximum atomic E-state index is 10.2. The molecule has 0 aliphatic rings. The zero-order chi connectivity index (χ0) is 9.52. The molecule has 70 valence electrons. The largest absolute Gasteiger partial charge is 0.448 e. The zero-order valence-electron chi connectivity index (χ0n) is 6.93. The first-order valence-corrected chi connectivity index (χ1v) is 3.71. The highest BCUT2D eigenvalue weighted by molar-refractivity contribution is 5.64. The number of hydrogen-bond donors (Lipinski definition) is 2. The fourth-order valence-electron chi connectivity index (χ4n) is 0.721. The molecule has 0 fully saturated rings. The lowest BCUT2D eigenvalue weighted by atomic mass is 10.6. The number of carbonyl (C=O) groups excluding carboxylic acids is 1. The summed E-state index contributed by atoms with van der Waals surface area (Å²) < 4.78 is 4.49. The van der Waals surface area contributed by atoms with Gasteiger partial charge in [0.2, 0.25) is 0 Å². The van der Waals surface area contributed by atoms with Gasteiger partial charge in [0.15, 0.2) is 0 Å². The lowest BCUT2D eigenvalue weighted by Crippen LogP contribution is -2.18. The molecule has 1 aromatic heterocycles. The van der Waals surface area contributed by atoms with E-state index in [0.29, 0.717) is 12.4 Å². The van der Waals surface area contributed by atoms with Gasteiger partial charge in [0.25, 0.3) is 0 Å². The van der Waals surface area contributed by atoms with E-state index in [2.05, 4.69) is 20.0 Å². The molecule has 0 aliphatic carbocycles. The van der Waals surface area contributed by atoms with E-state index < -0.39 is 6.09 Å². The second-order valence-corrected chi connectivity index (χ2v) is 2.18. The average Bonchev–Trinajstić information content (AvgIpc) is 2.14. The number of ether oxygens (including phenoxy) is 1. The van der Waals surface area contributed by atoms with Gasteiger partial charge in [-0.15, -0.1) is 0 Å². The van der Waals surface area contributed by atoms with E-state index in [0.717, 1.165) is 0 Å². The standard InChI is InChI=1S/C7H10N4O2/c8-7(12)13-4-3-11-6-5-9-1-2-10-6/h1-2,5H,3-4H2,(H2,8,12)(H,10,11). The number of hydrogen-bond acceptors (Lipinski definition) is 5. The molecule has 0 saturated heterocycles. The molecule has 1 amide bonds. The van der Waals surface area contributed by atoms with Crippen molar-refractivity contribution < 1.29 is 9.53 Å². The molecule has 1 heterocycles. The van der Waals surface area contributed by atoms with Gasteiger partial charge >= 0.3 is 6.09 Å². The lowest BCUT2D eigenvalue weighted by molar-refractivity contribution is 0.161. The summed E-state index contributed by atoms with van der Waals surface area (Å²) in [5.41, 5.74) is 4.76. The van der Waals surface area contributed by atoms with E-state index in [-0.39, 0.29) is 6.61 Å². The molecule has 3 N–H and O–H groups in total. The van der Waals surface area contributed by atoms with Crippen molar-refractivity contribution in [2.24, 2.45) is 5.73 Å². The van der Waals surface area contributed by atoms with Gasteiger partial charge in [-0.3, -0.25) is 4.98 Å². The first kappa shape index (κ1) is 9.24. The van der Waals surface area contributed by atoms with Crippen molar-refractivity contribution in [2.75, 3.05) is 18.5 Å².